The molecule has 1 N–H and O–H groups in total. The van der Waals surface area contributed by atoms with Crippen molar-refractivity contribution in [2.45, 2.75) is 95.5 Å². The molecule has 1 aromatic rings. The Kier molecular flexibility index (Phi) is 9.23. The minimum Gasteiger partial charge on any atom is -0.396 e. The Bertz CT molecular complexity index is 1200. The van der Waals surface area contributed by atoms with Crippen LogP contribution < -0.4 is 0 Å². The zero-order valence-corrected chi connectivity index (χ0v) is 25.4. The first-order valence-electron chi connectivity index (χ1n) is 15.9. The fourth-order valence-electron chi connectivity index (χ4n) is 7.73. The van der Waals surface area contributed by atoms with Crippen molar-refractivity contribution in [1.82, 2.24) is 14.7 Å². The maximum Gasteiger partial charge on any atom is 0.249 e. The highest BCUT2D eigenvalue weighted by atomic mass is 16.5. The Balaban J connectivity index is 1.55. The first-order chi connectivity index (χ1) is 20.3. The van der Waals surface area contributed by atoms with Gasteiger partial charge in [-0.1, -0.05) is 87.7 Å². The number of aliphatic hydroxyl groups is 1. The van der Waals surface area contributed by atoms with Crippen LogP contribution in [0.4, 0.5) is 0 Å². The average Bonchev–Trinajstić information content (AvgIpc) is 3.27. The van der Waals surface area contributed by atoms with E-state index in [1.165, 1.54) is 0 Å². The first kappa shape index (κ1) is 30.5. The van der Waals surface area contributed by atoms with Gasteiger partial charge in [0, 0.05) is 38.8 Å². The summed E-state index contributed by atoms with van der Waals surface area (Å²) in [5.74, 6) is -1.85. The van der Waals surface area contributed by atoms with Gasteiger partial charge in [-0.15, -0.1) is 0 Å². The van der Waals surface area contributed by atoms with Gasteiger partial charge < -0.3 is 24.5 Å². The van der Waals surface area contributed by atoms with Gasteiger partial charge in [-0.2, -0.15) is 0 Å². The molecule has 4 aliphatic rings. The van der Waals surface area contributed by atoms with Gasteiger partial charge in [-0.3, -0.25) is 14.4 Å². The number of unbranched alkanes of at least 4 members (excludes halogenated alkanes) is 3. The van der Waals surface area contributed by atoms with Crippen LogP contribution in [0.2, 0.25) is 0 Å². The number of aliphatic hydroxyl groups excluding tert-OH is 1. The molecule has 1 aromatic carbocycles. The van der Waals surface area contributed by atoms with Crippen molar-refractivity contribution in [3.05, 3.63) is 60.2 Å². The molecule has 0 aromatic heterocycles. The summed E-state index contributed by atoms with van der Waals surface area (Å²) in [4.78, 5) is 49.0. The van der Waals surface area contributed by atoms with E-state index >= 15 is 0 Å². The molecule has 1 spiro atoms. The standard InChI is InChI=1S/C34H47N3O5/c1-4-15-25(3)36-22-14-19-34-28(31(40)37(29(34)32(36)41)21-11-6-7-12-23-38)27-30(39)35(24-26-16-9-8-10-17-26)20-13-18-33(27,5-2)42-34/h8-10,13-14,16-19,25,27-29,38H,4-7,11-12,15,20-24H2,1-3H3/t25?,27-,28+,29?,33+,34+/m1/s1. The lowest BCUT2D eigenvalue weighted by molar-refractivity contribution is -0.155. The van der Waals surface area contributed by atoms with E-state index in [1.807, 2.05) is 71.4 Å². The fourth-order valence-corrected chi connectivity index (χ4v) is 7.73. The van der Waals surface area contributed by atoms with Gasteiger partial charge in [0.1, 0.15) is 11.6 Å². The Hall–Kier alpha value is -2.97. The van der Waals surface area contributed by atoms with Gasteiger partial charge in [-0.25, -0.2) is 0 Å². The molecule has 2 fully saturated rings. The van der Waals surface area contributed by atoms with Gasteiger partial charge in [0.05, 0.1) is 17.4 Å². The molecule has 8 nitrogen and oxygen atoms in total. The molecule has 4 aliphatic heterocycles. The molecule has 2 saturated heterocycles. The largest absolute Gasteiger partial charge is 0.396 e. The monoisotopic (exact) mass is 577 g/mol. The molecular weight excluding hydrogens is 530 g/mol. The molecule has 2 unspecified atom stereocenters. The molecule has 8 heteroatoms. The molecule has 0 saturated carbocycles. The normalized spacial score (nSPS) is 31.2. The van der Waals surface area contributed by atoms with Crippen LogP contribution in [0.1, 0.15) is 71.3 Å². The Morgan fingerprint density at radius 1 is 0.929 bits per heavy atom. The van der Waals surface area contributed by atoms with E-state index in [1.54, 1.807) is 4.90 Å². The quantitative estimate of drug-likeness (QED) is 0.299. The molecular formula is C34H47N3O5. The smallest absolute Gasteiger partial charge is 0.249 e. The number of rotatable bonds is 12. The number of nitrogens with zero attached hydrogens (tertiary/aromatic N) is 3. The van der Waals surface area contributed by atoms with Crippen LogP contribution >= 0.6 is 0 Å². The summed E-state index contributed by atoms with van der Waals surface area (Å²) in [6.07, 6.45) is 13.4. The molecule has 5 rings (SSSR count). The molecule has 0 bridgehead atoms. The van der Waals surface area contributed by atoms with E-state index in [2.05, 4.69) is 13.8 Å². The van der Waals surface area contributed by atoms with Crippen LogP contribution in [-0.4, -0.2) is 87.1 Å². The lowest BCUT2D eigenvalue weighted by atomic mass is 9.73. The van der Waals surface area contributed by atoms with Crippen LogP contribution in [0.3, 0.4) is 0 Å². The van der Waals surface area contributed by atoms with Crippen LogP contribution in [0.5, 0.6) is 0 Å². The highest BCUT2D eigenvalue weighted by molar-refractivity contribution is 6.00. The van der Waals surface area contributed by atoms with Crippen molar-refractivity contribution in [3.63, 3.8) is 0 Å². The third kappa shape index (κ3) is 5.21. The molecule has 0 aliphatic carbocycles. The predicted molar refractivity (Wildman–Crippen MR) is 161 cm³/mol. The SMILES string of the molecule is CCCC(C)N1CC=C[C@]23O[C@@]4(CC)C=CCN(Cc5ccccc5)C(=O)[C@H]4[C@H]2C(=O)N(CCCCCCO)C3C1=O. The van der Waals surface area contributed by atoms with Gasteiger partial charge >= 0.3 is 0 Å². The summed E-state index contributed by atoms with van der Waals surface area (Å²) in [5.41, 5.74) is -1.15. The molecule has 228 valence electrons. The molecule has 42 heavy (non-hydrogen) atoms. The van der Waals surface area contributed by atoms with Crippen LogP contribution in [0.15, 0.2) is 54.6 Å². The third-order valence-corrected chi connectivity index (χ3v) is 9.82. The summed E-state index contributed by atoms with van der Waals surface area (Å²) in [6, 6.07) is 9.12. The molecule has 6 atom stereocenters. The Labute approximate surface area is 250 Å². The van der Waals surface area contributed by atoms with Crippen LogP contribution in [0.25, 0.3) is 0 Å². The van der Waals surface area contributed by atoms with E-state index < -0.39 is 29.1 Å². The fraction of sp³-hybridized carbons (Fsp3) is 0.618. The highest BCUT2D eigenvalue weighted by Gasteiger charge is 2.75. The van der Waals surface area contributed by atoms with Crippen molar-refractivity contribution in [3.8, 4) is 0 Å². The number of benzene rings is 1. The minimum atomic E-state index is -1.21. The van der Waals surface area contributed by atoms with Crippen LogP contribution in [0, 0.1) is 11.8 Å². The Morgan fingerprint density at radius 2 is 1.67 bits per heavy atom. The van der Waals surface area contributed by atoms with E-state index in [-0.39, 0.29) is 30.4 Å². The third-order valence-electron chi connectivity index (χ3n) is 9.82. The zero-order chi connectivity index (χ0) is 29.9. The second-order valence-corrected chi connectivity index (χ2v) is 12.4. The number of ether oxygens (including phenoxy) is 1. The summed E-state index contributed by atoms with van der Waals surface area (Å²) in [6.45, 7) is 8.11. The lowest BCUT2D eigenvalue weighted by Gasteiger charge is -2.39. The number of amides is 3. The van der Waals surface area contributed by atoms with Gasteiger partial charge in [0.25, 0.3) is 0 Å². The van der Waals surface area contributed by atoms with E-state index in [0.717, 1.165) is 44.1 Å². The van der Waals surface area contributed by atoms with Gasteiger partial charge in [0.2, 0.25) is 17.7 Å². The number of hydrogen-bond acceptors (Lipinski definition) is 5. The second kappa shape index (κ2) is 12.7. The molecule has 4 heterocycles. The maximum atomic E-state index is 14.6. The summed E-state index contributed by atoms with van der Waals surface area (Å²) < 4.78 is 7.09. The van der Waals surface area contributed by atoms with E-state index in [9.17, 15) is 19.5 Å². The summed E-state index contributed by atoms with van der Waals surface area (Å²) >= 11 is 0. The number of fused-ring (bicyclic) bond motifs is 2. The number of carbonyl (C=O) groups is 3. The number of hydrogen-bond donors (Lipinski definition) is 1. The van der Waals surface area contributed by atoms with E-state index in [4.69, 9.17) is 4.74 Å². The van der Waals surface area contributed by atoms with Crippen molar-refractivity contribution in [1.29, 1.82) is 0 Å². The average molecular weight is 578 g/mol. The van der Waals surface area contributed by atoms with Crippen molar-refractivity contribution in [2.24, 2.45) is 11.8 Å². The molecule has 0 radical (unpaired) electrons. The zero-order valence-electron chi connectivity index (χ0n) is 25.4. The van der Waals surface area contributed by atoms with Gasteiger partial charge in [0.15, 0.2) is 0 Å². The first-order valence-corrected chi connectivity index (χ1v) is 15.9. The van der Waals surface area contributed by atoms with Crippen molar-refractivity contribution >= 4 is 17.7 Å². The molecule has 3 amide bonds. The minimum absolute atomic E-state index is 0.0257. The van der Waals surface area contributed by atoms with Crippen LogP contribution in [-0.2, 0) is 25.7 Å². The Morgan fingerprint density at radius 3 is 2.38 bits per heavy atom. The predicted octanol–water partition coefficient (Wildman–Crippen LogP) is 4.09. The van der Waals surface area contributed by atoms with E-state index in [0.29, 0.717) is 32.6 Å². The topological polar surface area (TPSA) is 90.4 Å². The lowest BCUT2D eigenvalue weighted by Crippen LogP contribution is -2.57. The highest BCUT2D eigenvalue weighted by Crippen LogP contribution is 2.58. The second-order valence-electron chi connectivity index (χ2n) is 12.4. The number of likely N-dealkylation sites (tertiary alicyclic amines) is 1. The van der Waals surface area contributed by atoms with Crippen molar-refractivity contribution in [2.75, 3.05) is 26.2 Å². The number of carbonyl (C=O) groups excluding carboxylic acids is 3. The summed E-state index contributed by atoms with van der Waals surface area (Å²) in [5, 5.41) is 9.21. The maximum absolute atomic E-state index is 14.6. The van der Waals surface area contributed by atoms with Crippen molar-refractivity contribution < 1.29 is 24.2 Å². The van der Waals surface area contributed by atoms with Gasteiger partial charge in [-0.05, 0) is 38.2 Å². The summed E-state index contributed by atoms with van der Waals surface area (Å²) in [7, 11) is 0.